The topological polar surface area (TPSA) is 78.6 Å². The SMILES string of the molecule is COc1cc(Nc2nc(OC)ccc2N)cc(OC)c1. The predicted octanol–water partition coefficient (Wildman–Crippen LogP) is 2.43. The summed E-state index contributed by atoms with van der Waals surface area (Å²) < 4.78 is 15.5. The maximum Gasteiger partial charge on any atom is 0.215 e. The molecule has 0 aliphatic heterocycles. The van der Waals surface area contributed by atoms with Crippen molar-refractivity contribution in [3.05, 3.63) is 30.3 Å². The molecule has 0 saturated heterocycles. The highest BCUT2D eigenvalue weighted by atomic mass is 16.5. The summed E-state index contributed by atoms with van der Waals surface area (Å²) >= 11 is 0. The van der Waals surface area contributed by atoms with Gasteiger partial charge in [-0.1, -0.05) is 0 Å². The fourth-order valence-electron chi connectivity index (χ4n) is 1.68. The molecule has 6 nitrogen and oxygen atoms in total. The zero-order valence-corrected chi connectivity index (χ0v) is 11.6. The predicted molar refractivity (Wildman–Crippen MR) is 78.0 cm³/mol. The van der Waals surface area contributed by atoms with Crippen molar-refractivity contribution in [1.82, 2.24) is 4.98 Å². The van der Waals surface area contributed by atoms with Crippen LogP contribution in [-0.4, -0.2) is 26.3 Å². The second kappa shape index (κ2) is 6.01. The normalized spacial score (nSPS) is 9.95. The highest BCUT2D eigenvalue weighted by molar-refractivity contribution is 5.70. The Morgan fingerprint density at radius 3 is 2.15 bits per heavy atom. The first kappa shape index (κ1) is 13.8. The smallest absolute Gasteiger partial charge is 0.215 e. The van der Waals surface area contributed by atoms with Gasteiger partial charge in [0.2, 0.25) is 5.88 Å². The number of pyridine rings is 1. The lowest BCUT2D eigenvalue weighted by molar-refractivity contribution is 0.394. The molecular formula is C14H17N3O3. The maximum atomic E-state index is 5.89. The number of methoxy groups -OCH3 is 3. The summed E-state index contributed by atoms with van der Waals surface area (Å²) in [6, 6.07) is 8.86. The molecule has 1 aromatic carbocycles. The Morgan fingerprint density at radius 2 is 1.60 bits per heavy atom. The van der Waals surface area contributed by atoms with Crippen molar-refractivity contribution < 1.29 is 14.2 Å². The number of benzene rings is 1. The van der Waals surface area contributed by atoms with Gasteiger partial charge in [0.25, 0.3) is 0 Å². The summed E-state index contributed by atoms with van der Waals surface area (Å²) in [5, 5.41) is 3.12. The molecule has 0 aliphatic carbocycles. The molecule has 1 heterocycles. The van der Waals surface area contributed by atoms with Crippen molar-refractivity contribution in [2.75, 3.05) is 32.4 Å². The van der Waals surface area contributed by atoms with Gasteiger partial charge in [-0.3, -0.25) is 0 Å². The molecule has 0 atom stereocenters. The summed E-state index contributed by atoms with van der Waals surface area (Å²) in [4.78, 5) is 4.26. The average Bonchev–Trinajstić information content (AvgIpc) is 2.49. The number of anilines is 3. The van der Waals surface area contributed by atoms with Crippen LogP contribution < -0.4 is 25.3 Å². The minimum atomic E-state index is 0.483. The van der Waals surface area contributed by atoms with Crippen molar-refractivity contribution in [2.45, 2.75) is 0 Å². The van der Waals surface area contributed by atoms with E-state index in [-0.39, 0.29) is 0 Å². The van der Waals surface area contributed by atoms with E-state index in [1.165, 1.54) is 0 Å². The molecule has 0 amide bonds. The summed E-state index contributed by atoms with van der Waals surface area (Å²) in [6.45, 7) is 0. The molecule has 0 aliphatic rings. The van der Waals surface area contributed by atoms with E-state index in [0.717, 1.165) is 5.69 Å². The summed E-state index contributed by atoms with van der Waals surface area (Å²) in [5.41, 5.74) is 7.17. The van der Waals surface area contributed by atoms with E-state index in [9.17, 15) is 0 Å². The van der Waals surface area contributed by atoms with Crippen LogP contribution in [0.15, 0.2) is 30.3 Å². The van der Waals surface area contributed by atoms with Gasteiger partial charge >= 0.3 is 0 Å². The second-order valence-corrected chi connectivity index (χ2v) is 4.02. The third-order valence-electron chi connectivity index (χ3n) is 2.72. The standard InChI is InChI=1S/C14H17N3O3/c1-18-10-6-9(7-11(8-10)19-2)16-14-12(15)4-5-13(17-14)20-3/h4-8H,15H2,1-3H3,(H,16,17). The summed E-state index contributed by atoms with van der Waals surface area (Å²) in [5.74, 6) is 2.35. The number of aromatic nitrogens is 1. The van der Waals surface area contributed by atoms with Crippen LogP contribution >= 0.6 is 0 Å². The lowest BCUT2D eigenvalue weighted by Gasteiger charge is -2.12. The van der Waals surface area contributed by atoms with Crippen molar-refractivity contribution in [3.63, 3.8) is 0 Å². The van der Waals surface area contributed by atoms with Gasteiger partial charge in [-0.15, -0.1) is 0 Å². The Hall–Kier alpha value is -2.63. The first-order valence-electron chi connectivity index (χ1n) is 5.97. The number of nitrogens with one attached hydrogen (secondary N) is 1. The molecule has 2 aromatic rings. The Balaban J connectivity index is 2.33. The van der Waals surface area contributed by atoms with Crippen LogP contribution in [0.2, 0.25) is 0 Å². The third kappa shape index (κ3) is 3.03. The van der Waals surface area contributed by atoms with Crippen molar-refractivity contribution in [1.29, 1.82) is 0 Å². The van der Waals surface area contributed by atoms with Gasteiger partial charge in [0.05, 0.1) is 27.0 Å². The van der Waals surface area contributed by atoms with E-state index >= 15 is 0 Å². The van der Waals surface area contributed by atoms with Gasteiger partial charge in [-0.25, -0.2) is 0 Å². The number of rotatable bonds is 5. The summed E-state index contributed by atoms with van der Waals surface area (Å²) in [6.07, 6.45) is 0. The Labute approximate surface area is 117 Å². The molecule has 0 spiro atoms. The van der Waals surface area contributed by atoms with Crippen LogP contribution in [0, 0.1) is 0 Å². The van der Waals surface area contributed by atoms with E-state index in [0.29, 0.717) is 28.9 Å². The van der Waals surface area contributed by atoms with Crippen molar-refractivity contribution in [2.24, 2.45) is 0 Å². The van der Waals surface area contributed by atoms with E-state index in [1.54, 1.807) is 39.5 Å². The quantitative estimate of drug-likeness (QED) is 0.872. The number of nitrogens with two attached hydrogens (primary N) is 1. The highest BCUT2D eigenvalue weighted by Crippen LogP contribution is 2.29. The molecular weight excluding hydrogens is 258 g/mol. The number of hydrogen-bond donors (Lipinski definition) is 2. The van der Waals surface area contributed by atoms with E-state index in [4.69, 9.17) is 19.9 Å². The Kier molecular flexibility index (Phi) is 4.14. The van der Waals surface area contributed by atoms with Gasteiger partial charge in [0, 0.05) is 30.0 Å². The average molecular weight is 275 g/mol. The molecule has 0 bridgehead atoms. The van der Waals surface area contributed by atoms with Gasteiger partial charge in [-0.05, 0) is 6.07 Å². The van der Waals surface area contributed by atoms with Gasteiger partial charge < -0.3 is 25.3 Å². The van der Waals surface area contributed by atoms with Crippen LogP contribution in [0.25, 0.3) is 0 Å². The van der Waals surface area contributed by atoms with E-state index in [2.05, 4.69) is 10.3 Å². The molecule has 0 saturated carbocycles. The number of nitrogen functional groups attached to an aromatic ring is 1. The highest BCUT2D eigenvalue weighted by Gasteiger charge is 2.07. The fraction of sp³-hybridized carbons (Fsp3) is 0.214. The fourth-order valence-corrected chi connectivity index (χ4v) is 1.68. The maximum absolute atomic E-state index is 5.89. The second-order valence-electron chi connectivity index (χ2n) is 4.02. The largest absolute Gasteiger partial charge is 0.497 e. The molecule has 3 N–H and O–H groups in total. The van der Waals surface area contributed by atoms with Crippen LogP contribution in [0.4, 0.5) is 17.2 Å². The molecule has 0 unspecified atom stereocenters. The van der Waals surface area contributed by atoms with Crippen LogP contribution in [0.5, 0.6) is 17.4 Å². The lowest BCUT2D eigenvalue weighted by atomic mass is 10.2. The molecule has 20 heavy (non-hydrogen) atoms. The lowest BCUT2D eigenvalue weighted by Crippen LogP contribution is -2.01. The van der Waals surface area contributed by atoms with Crippen LogP contribution in [0.1, 0.15) is 0 Å². The van der Waals surface area contributed by atoms with Gasteiger partial charge in [-0.2, -0.15) is 4.98 Å². The molecule has 0 radical (unpaired) electrons. The van der Waals surface area contributed by atoms with Crippen LogP contribution in [0.3, 0.4) is 0 Å². The molecule has 106 valence electrons. The third-order valence-corrected chi connectivity index (χ3v) is 2.72. The van der Waals surface area contributed by atoms with Crippen molar-refractivity contribution in [3.8, 4) is 17.4 Å². The zero-order valence-electron chi connectivity index (χ0n) is 11.6. The molecule has 2 rings (SSSR count). The number of hydrogen-bond acceptors (Lipinski definition) is 6. The molecule has 1 aromatic heterocycles. The minimum absolute atomic E-state index is 0.483. The summed E-state index contributed by atoms with van der Waals surface area (Å²) in [7, 11) is 4.74. The van der Waals surface area contributed by atoms with Gasteiger partial charge in [0.15, 0.2) is 5.82 Å². The first-order chi connectivity index (χ1) is 9.66. The Bertz CT molecular complexity index is 580. The van der Waals surface area contributed by atoms with Crippen LogP contribution in [-0.2, 0) is 0 Å². The first-order valence-corrected chi connectivity index (χ1v) is 5.97. The number of nitrogens with zero attached hydrogens (tertiary/aromatic N) is 1. The zero-order chi connectivity index (χ0) is 14.5. The van der Waals surface area contributed by atoms with Crippen molar-refractivity contribution >= 4 is 17.2 Å². The van der Waals surface area contributed by atoms with Gasteiger partial charge in [0.1, 0.15) is 11.5 Å². The molecule has 0 fully saturated rings. The minimum Gasteiger partial charge on any atom is -0.497 e. The van der Waals surface area contributed by atoms with E-state index < -0.39 is 0 Å². The monoisotopic (exact) mass is 275 g/mol. The Morgan fingerprint density at radius 1 is 0.950 bits per heavy atom. The molecule has 6 heteroatoms. The number of ether oxygens (including phenoxy) is 3. The van der Waals surface area contributed by atoms with E-state index in [1.807, 2.05) is 12.1 Å².